The number of aryl methyl sites for hydroxylation is 1. The van der Waals surface area contributed by atoms with Crippen molar-refractivity contribution < 1.29 is 9.59 Å². The fourth-order valence-corrected chi connectivity index (χ4v) is 2.64. The van der Waals surface area contributed by atoms with E-state index in [1.165, 1.54) is 0 Å². The Morgan fingerprint density at radius 1 is 1.50 bits per heavy atom. The van der Waals surface area contributed by atoms with Crippen LogP contribution < -0.4 is 5.32 Å². The molecule has 1 atom stereocenters. The molecule has 2 amide bonds. The molecule has 1 saturated carbocycles. The van der Waals surface area contributed by atoms with Gasteiger partial charge < -0.3 is 14.8 Å². The van der Waals surface area contributed by atoms with E-state index < -0.39 is 0 Å². The second-order valence-electron chi connectivity index (χ2n) is 5.43. The minimum atomic E-state index is -0.221. The van der Waals surface area contributed by atoms with Crippen molar-refractivity contribution in [2.45, 2.75) is 45.3 Å². The molecular weight excluding hydrogens is 258 g/mol. The Morgan fingerprint density at radius 3 is 3.00 bits per heavy atom. The molecule has 0 bridgehead atoms. The van der Waals surface area contributed by atoms with Gasteiger partial charge in [-0.25, -0.2) is 0 Å². The number of nitrogens with one attached hydrogen (secondary N) is 1. The Kier molecular flexibility index (Phi) is 3.42. The van der Waals surface area contributed by atoms with Gasteiger partial charge in [-0.15, -0.1) is 10.2 Å². The predicted octanol–water partition coefficient (Wildman–Crippen LogP) is -0.0749. The SMILES string of the molecule is CCn1cnnc1CNC(=O)[C@@H]1CC(=O)N(C2CC2)C1. The molecule has 0 radical (unpaired) electrons. The average Bonchev–Trinajstić information content (AvgIpc) is 3.05. The second-order valence-corrected chi connectivity index (χ2v) is 5.43. The molecule has 1 aliphatic carbocycles. The summed E-state index contributed by atoms with van der Waals surface area (Å²) < 4.78 is 1.89. The summed E-state index contributed by atoms with van der Waals surface area (Å²) in [7, 11) is 0. The van der Waals surface area contributed by atoms with Crippen LogP contribution in [0.25, 0.3) is 0 Å². The molecule has 0 unspecified atom stereocenters. The van der Waals surface area contributed by atoms with Gasteiger partial charge in [0.15, 0.2) is 5.82 Å². The van der Waals surface area contributed by atoms with Gasteiger partial charge >= 0.3 is 0 Å². The van der Waals surface area contributed by atoms with Crippen molar-refractivity contribution in [1.29, 1.82) is 0 Å². The molecule has 20 heavy (non-hydrogen) atoms. The number of rotatable bonds is 5. The summed E-state index contributed by atoms with van der Waals surface area (Å²) in [4.78, 5) is 25.8. The number of amides is 2. The third-order valence-corrected chi connectivity index (χ3v) is 3.97. The summed E-state index contributed by atoms with van der Waals surface area (Å²) in [5.74, 6) is 0.571. The van der Waals surface area contributed by atoms with Gasteiger partial charge in [-0.05, 0) is 19.8 Å². The molecule has 3 rings (SSSR count). The fourth-order valence-electron chi connectivity index (χ4n) is 2.64. The fraction of sp³-hybridized carbons (Fsp3) is 0.692. The van der Waals surface area contributed by atoms with Crippen LogP contribution >= 0.6 is 0 Å². The smallest absolute Gasteiger partial charge is 0.225 e. The zero-order valence-corrected chi connectivity index (χ0v) is 11.6. The Bertz CT molecular complexity index is 523. The zero-order valence-electron chi connectivity index (χ0n) is 11.6. The van der Waals surface area contributed by atoms with Gasteiger partial charge in [0.05, 0.1) is 12.5 Å². The molecule has 1 aromatic rings. The van der Waals surface area contributed by atoms with Crippen molar-refractivity contribution in [3.8, 4) is 0 Å². The molecule has 1 aromatic heterocycles. The Labute approximate surface area is 117 Å². The van der Waals surface area contributed by atoms with Crippen LogP contribution in [0.15, 0.2) is 6.33 Å². The number of hydrogen-bond acceptors (Lipinski definition) is 4. The van der Waals surface area contributed by atoms with E-state index >= 15 is 0 Å². The summed E-state index contributed by atoms with van der Waals surface area (Å²) in [6.07, 6.45) is 4.15. The average molecular weight is 277 g/mol. The maximum absolute atomic E-state index is 12.1. The molecule has 1 saturated heterocycles. The Balaban J connectivity index is 1.53. The molecule has 2 aliphatic rings. The molecule has 7 nitrogen and oxygen atoms in total. The number of likely N-dealkylation sites (tertiary alicyclic amines) is 1. The minimum Gasteiger partial charge on any atom is -0.348 e. The van der Waals surface area contributed by atoms with E-state index in [0.717, 1.165) is 25.2 Å². The summed E-state index contributed by atoms with van der Waals surface area (Å²) >= 11 is 0. The van der Waals surface area contributed by atoms with Crippen LogP contribution in [0.4, 0.5) is 0 Å². The normalized spacial score (nSPS) is 22.4. The first-order chi connectivity index (χ1) is 9.69. The lowest BCUT2D eigenvalue weighted by Gasteiger charge is -2.15. The van der Waals surface area contributed by atoms with Crippen LogP contribution in [0.1, 0.15) is 32.0 Å². The van der Waals surface area contributed by atoms with Gasteiger partial charge in [-0.2, -0.15) is 0 Å². The van der Waals surface area contributed by atoms with Gasteiger partial charge in [0.2, 0.25) is 11.8 Å². The van der Waals surface area contributed by atoms with Crippen molar-refractivity contribution in [2.24, 2.45) is 5.92 Å². The number of nitrogens with zero attached hydrogens (tertiary/aromatic N) is 4. The van der Waals surface area contributed by atoms with E-state index in [9.17, 15) is 9.59 Å². The number of hydrogen-bond donors (Lipinski definition) is 1. The van der Waals surface area contributed by atoms with Crippen LogP contribution in [0.5, 0.6) is 0 Å². The van der Waals surface area contributed by atoms with E-state index in [1.54, 1.807) is 6.33 Å². The van der Waals surface area contributed by atoms with Crippen LogP contribution in [0, 0.1) is 5.92 Å². The van der Waals surface area contributed by atoms with Gasteiger partial charge in [-0.1, -0.05) is 0 Å². The standard InChI is InChI=1S/C13H19N5O2/c1-2-17-8-15-16-11(17)6-14-13(20)9-5-12(19)18(7-9)10-3-4-10/h8-10H,2-7H2,1H3,(H,14,20)/t9-/m1/s1. The molecule has 0 aromatic carbocycles. The Morgan fingerprint density at radius 2 is 2.30 bits per heavy atom. The first-order valence-electron chi connectivity index (χ1n) is 7.13. The zero-order chi connectivity index (χ0) is 14.1. The van der Waals surface area contributed by atoms with E-state index in [0.29, 0.717) is 25.6 Å². The van der Waals surface area contributed by atoms with E-state index in [-0.39, 0.29) is 17.7 Å². The monoisotopic (exact) mass is 277 g/mol. The highest BCUT2D eigenvalue weighted by atomic mass is 16.2. The number of carbonyl (C=O) groups excluding carboxylic acids is 2. The van der Waals surface area contributed by atoms with Crippen LogP contribution in [-0.2, 0) is 22.7 Å². The highest BCUT2D eigenvalue weighted by Crippen LogP contribution is 2.32. The molecule has 1 aliphatic heterocycles. The largest absolute Gasteiger partial charge is 0.348 e. The highest BCUT2D eigenvalue weighted by Gasteiger charge is 2.41. The number of aromatic nitrogens is 3. The molecule has 2 fully saturated rings. The first-order valence-corrected chi connectivity index (χ1v) is 7.13. The van der Waals surface area contributed by atoms with Crippen molar-refractivity contribution in [1.82, 2.24) is 25.0 Å². The van der Waals surface area contributed by atoms with E-state index in [1.807, 2.05) is 16.4 Å². The summed E-state index contributed by atoms with van der Waals surface area (Å²) in [5, 5.41) is 10.7. The van der Waals surface area contributed by atoms with Gasteiger partial charge in [0.25, 0.3) is 0 Å². The van der Waals surface area contributed by atoms with Crippen molar-refractivity contribution in [2.75, 3.05) is 6.54 Å². The molecule has 2 heterocycles. The van der Waals surface area contributed by atoms with E-state index in [2.05, 4.69) is 15.5 Å². The highest BCUT2D eigenvalue weighted by molar-refractivity contribution is 5.89. The second kappa shape index (κ2) is 5.22. The topological polar surface area (TPSA) is 80.1 Å². The molecule has 7 heteroatoms. The third-order valence-electron chi connectivity index (χ3n) is 3.97. The Hall–Kier alpha value is -1.92. The lowest BCUT2D eigenvalue weighted by molar-refractivity contribution is -0.129. The van der Waals surface area contributed by atoms with Gasteiger partial charge in [-0.3, -0.25) is 9.59 Å². The lowest BCUT2D eigenvalue weighted by atomic mass is 10.1. The maximum Gasteiger partial charge on any atom is 0.225 e. The molecule has 1 N–H and O–H groups in total. The maximum atomic E-state index is 12.1. The third kappa shape index (κ3) is 2.52. The number of carbonyl (C=O) groups is 2. The summed E-state index contributed by atoms with van der Waals surface area (Å²) in [6, 6.07) is 0.392. The predicted molar refractivity (Wildman–Crippen MR) is 70.4 cm³/mol. The van der Waals surface area contributed by atoms with Gasteiger partial charge in [0.1, 0.15) is 6.33 Å². The van der Waals surface area contributed by atoms with Crippen molar-refractivity contribution in [3.05, 3.63) is 12.2 Å². The first kappa shape index (κ1) is 13.1. The molecular formula is C13H19N5O2. The summed E-state index contributed by atoms with van der Waals surface area (Å²) in [6.45, 7) is 3.70. The van der Waals surface area contributed by atoms with Crippen LogP contribution in [0.2, 0.25) is 0 Å². The van der Waals surface area contributed by atoms with Crippen molar-refractivity contribution >= 4 is 11.8 Å². The van der Waals surface area contributed by atoms with Crippen molar-refractivity contribution in [3.63, 3.8) is 0 Å². The van der Waals surface area contributed by atoms with Gasteiger partial charge in [0, 0.05) is 25.6 Å². The minimum absolute atomic E-state index is 0.0628. The lowest BCUT2D eigenvalue weighted by Crippen LogP contribution is -2.33. The summed E-state index contributed by atoms with van der Waals surface area (Å²) in [5.41, 5.74) is 0. The quantitative estimate of drug-likeness (QED) is 0.816. The molecule has 0 spiro atoms. The molecule has 108 valence electrons. The van der Waals surface area contributed by atoms with Crippen LogP contribution in [0.3, 0.4) is 0 Å². The van der Waals surface area contributed by atoms with E-state index in [4.69, 9.17) is 0 Å². The van der Waals surface area contributed by atoms with Crippen LogP contribution in [-0.4, -0.2) is 44.1 Å².